The first-order chi connectivity index (χ1) is 10.7. The predicted octanol–water partition coefficient (Wildman–Crippen LogP) is 3.69. The van der Waals surface area contributed by atoms with Crippen molar-refractivity contribution in [2.45, 2.75) is 39.2 Å². The summed E-state index contributed by atoms with van der Waals surface area (Å²) in [7, 11) is 0. The average molecular weight is 318 g/mol. The highest BCUT2D eigenvalue weighted by atomic mass is 16.6. The zero-order valence-electron chi connectivity index (χ0n) is 13.2. The number of nitrogens with one attached hydrogen (secondary N) is 1. The van der Waals surface area contributed by atoms with Crippen LogP contribution in [0, 0.1) is 10.1 Å². The molecule has 1 aromatic rings. The molecule has 0 saturated heterocycles. The second kappa shape index (κ2) is 6.20. The first-order valence-electron chi connectivity index (χ1n) is 7.18. The number of carbonyl (C=O) groups excluding carboxylic acids is 2. The van der Waals surface area contributed by atoms with Crippen LogP contribution in [0.3, 0.4) is 0 Å². The van der Waals surface area contributed by atoms with E-state index in [1.807, 2.05) is 0 Å². The number of nitrogens with zero attached hydrogens (tertiary/aromatic N) is 1. The van der Waals surface area contributed by atoms with Gasteiger partial charge in [0.1, 0.15) is 11.3 Å². The van der Waals surface area contributed by atoms with Gasteiger partial charge in [0.2, 0.25) is 0 Å². The number of nitro groups is 1. The molecule has 0 aromatic heterocycles. The Labute approximate surface area is 133 Å². The van der Waals surface area contributed by atoms with Crippen molar-refractivity contribution in [2.75, 3.05) is 5.32 Å². The largest absolute Gasteiger partial charge is 0.444 e. The normalized spacial score (nSPS) is 14.4. The van der Waals surface area contributed by atoms with Gasteiger partial charge in [-0.2, -0.15) is 0 Å². The number of benzene rings is 1. The lowest BCUT2D eigenvalue weighted by Gasteiger charge is -2.19. The minimum absolute atomic E-state index is 0.0126. The third-order valence-corrected chi connectivity index (χ3v) is 3.18. The zero-order valence-corrected chi connectivity index (χ0v) is 13.2. The van der Waals surface area contributed by atoms with E-state index in [4.69, 9.17) is 4.74 Å². The van der Waals surface area contributed by atoms with E-state index in [1.54, 1.807) is 26.8 Å². The highest BCUT2D eigenvalue weighted by Crippen LogP contribution is 2.32. The summed E-state index contributed by atoms with van der Waals surface area (Å²) in [6.07, 6.45) is 1.72. The van der Waals surface area contributed by atoms with Gasteiger partial charge < -0.3 is 4.74 Å². The molecule has 1 aromatic carbocycles. The molecule has 7 nitrogen and oxygen atoms in total. The van der Waals surface area contributed by atoms with Crippen molar-refractivity contribution >= 4 is 28.8 Å². The molecule has 0 saturated carbocycles. The summed E-state index contributed by atoms with van der Waals surface area (Å²) in [5.41, 5.74) is 0.485. The summed E-state index contributed by atoms with van der Waals surface area (Å²) in [5, 5.41) is 13.6. The summed E-state index contributed by atoms with van der Waals surface area (Å²) in [5.74, 6) is 0.0126. The van der Waals surface area contributed by atoms with Crippen LogP contribution in [0.1, 0.15) is 39.2 Å². The number of nitro benzene ring substituents is 1. The van der Waals surface area contributed by atoms with Crippen LogP contribution >= 0.6 is 0 Å². The quantitative estimate of drug-likeness (QED) is 0.677. The Balaban J connectivity index is 2.27. The molecule has 0 radical (unpaired) electrons. The van der Waals surface area contributed by atoms with Crippen LogP contribution in [0.5, 0.6) is 0 Å². The minimum atomic E-state index is -0.761. The summed E-state index contributed by atoms with van der Waals surface area (Å²) in [4.78, 5) is 33.8. The number of hydrogen-bond donors (Lipinski definition) is 1. The molecule has 1 aliphatic rings. The monoisotopic (exact) mass is 318 g/mol. The van der Waals surface area contributed by atoms with Crippen molar-refractivity contribution < 1.29 is 19.2 Å². The van der Waals surface area contributed by atoms with Crippen LogP contribution in [0.25, 0.3) is 5.57 Å². The van der Waals surface area contributed by atoms with Gasteiger partial charge in [0.25, 0.3) is 5.69 Å². The van der Waals surface area contributed by atoms with Gasteiger partial charge >= 0.3 is 6.09 Å². The first-order valence-corrected chi connectivity index (χ1v) is 7.18. The number of ketones is 1. The van der Waals surface area contributed by atoms with E-state index in [0.29, 0.717) is 18.4 Å². The molecule has 0 fully saturated rings. The van der Waals surface area contributed by atoms with Gasteiger partial charge in [0, 0.05) is 12.5 Å². The maximum absolute atomic E-state index is 11.8. The lowest BCUT2D eigenvalue weighted by Crippen LogP contribution is -2.27. The van der Waals surface area contributed by atoms with E-state index in [0.717, 1.165) is 5.57 Å². The Kier molecular flexibility index (Phi) is 4.49. The van der Waals surface area contributed by atoms with E-state index in [2.05, 4.69) is 5.32 Å². The smallest absolute Gasteiger partial charge is 0.412 e. The second-order valence-electron chi connectivity index (χ2n) is 6.25. The van der Waals surface area contributed by atoms with E-state index in [9.17, 15) is 19.7 Å². The van der Waals surface area contributed by atoms with Crippen LogP contribution < -0.4 is 5.32 Å². The molecule has 0 heterocycles. The number of carbonyl (C=O) groups is 2. The van der Waals surface area contributed by atoms with Crippen LogP contribution in [-0.4, -0.2) is 22.4 Å². The third kappa shape index (κ3) is 4.38. The third-order valence-electron chi connectivity index (χ3n) is 3.18. The zero-order chi connectivity index (χ0) is 17.2. The van der Waals surface area contributed by atoms with E-state index >= 15 is 0 Å². The van der Waals surface area contributed by atoms with E-state index in [-0.39, 0.29) is 17.2 Å². The first kappa shape index (κ1) is 16.7. The Morgan fingerprint density at radius 1 is 1.30 bits per heavy atom. The molecule has 122 valence electrons. The average Bonchev–Trinajstić information content (AvgIpc) is 2.83. The fraction of sp³-hybridized carbons (Fsp3) is 0.375. The van der Waals surface area contributed by atoms with Crippen LogP contribution in [0.2, 0.25) is 0 Å². The number of rotatable bonds is 3. The minimum Gasteiger partial charge on any atom is -0.444 e. The van der Waals surface area contributed by atoms with Gasteiger partial charge in [-0.1, -0.05) is 6.07 Å². The number of hydrogen-bond acceptors (Lipinski definition) is 5. The van der Waals surface area contributed by atoms with E-state index < -0.39 is 16.6 Å². The van der Waals surface area contributed by atoms with Gasteiger partial charge in [-0.3, -0.25) is 20.2 Å². The highest BCUT2D eigenvalue weighted by molar-refractivity contribution is 6.02. The molecular weight excluding hydrogens is 300 g/mol. The molecule has 1 amide bonds. The molecule has 23 heavy (non-hydrogen) atoms. The number of allylic oxidation sites excluding steroid dienone is 2. The Morgan fingerprint density at radius 3 is 2.52 bits per heavy atom. The Hall–Kier alpha value is -2.70. The van der Waals surface area contributed by atoms with Gasteiger partial charge in [0.05, 0.1) is 4.92 Å². The van der Waals surface area contributed by atoms with Crippen molar-refractivity contribution in [2.24, 2.45) is 0 Å². The maximum atomic E-state index is 11.8. The van der Waals surface area contributed by atoms with Crippen LogP contribution in [-0.2, 0) is 9.53 Å². The summed E-state index contributed by atoms with van der Waals surface area (Å²) in [6, 6.07) is 4.45. The predicted molar refractivity (Wildman–Crippen MR) is 85.2 cm³/mol. The highest BCUT2D eigenvalue weighted by Gasteiger charge is 2.22. The number of anilines is 1. The fourth-order valence-electron chi connectivity index (χ4n) is 2.23. The molecule has 0 unspecified atom stereocenters. The van der Waals surface area contributed by atoms with Crippen LogP contribution in [0.4, 0.5) is 16.2 Å². The SMILES string of the molecule is CC(C)(C)OC(=O)Nc1ccc(C2=CC(=O)CC2)cc1[N+](=O)[O-]. The van der Waals surface area contributed by atoms with Gasteiger partial charge in [-0.05, 0) is 50.5 Å². The molecule has 0 aliphatic heterocycles. The number of ether oxygens (including phenoxy) is 1. The Bertz CT molecular complexity index is 701. The molecule has 7 heteroatoms. The van der Waals surface area contributed by atoms with Crippen molar-refractivity contribution in [1.29, 1.82) is 0 Å². The van der Waals surface area contributed by atoms with Crippen molar-refractivity contribution in [3.8, 4) is 0 Å². The topological polar surface area (TPSA) is 98.5 Å². The van der Waals surface area contributed by atoms with Crippen molar-refractivity contribution in [1.82, 2.24) is 0 Å². The van der Waals surface area contributed by atoms with Crippen LogP contribution in [0.15, 0.2) is 24.3 Å². The fourth-order valence-corrected chi connectivity index (χ4v) is 2.23. The molecule has 0 atom stereocenters. The van der Waals surface area contributed by atoms with Crippen molar-refractivity contribution in [3.63, 3.8) is 0 Å². The molecule has 0 spiro atoms. The summed E-state index contributed by atoms with van der Waals surface area (Å²) < 4.78 is 5.09. The summed E-state index contributed by atoms with van der Waals surface area (Å²) >= 11 is 0. The number of amides is 1. The lowest BCUT2D eigenvalue weighted by atomic mass is 10.0. The standard InChI is InChI=1S/C16H18N2O5/c1-16(2,3)23-15(20)17-13-7-5-11(9-14(13)18(21)22)10-4-6-12(19)8-10/h5,7-9H,4,6H2,1-3H3,(H,17,20). The summed E-state index contributed by atoms with van der Waals surface area (Å²) in [6.45, 7) is 5.11. The molecule has 2 rings (SSSR count). The molecule has 1 N–H and O–H groups in total. The Morgan fingerprint density at radius 2 is 2.00 bits per heavy atom. The molecule has 1 aliphatic carbocycles. The van der Waals surface area contributed by atoms with Gasteiger partial charge in [-0.25, -0.2) is 4.79 Å². The second-order valence-corrected chi connectivity index (χ2v) is 6.25. The molecular formula is C16H18N2O5. The van der Waals surface area contributed by atoms with Crippen molar-refractivity contribution in [3.05, 3.63) is 40.0 Å². The van der Waals surface area contributed by atoms with E-state index in [1.165, 1.54) is 18.2 Å². The molecule has 0 bridgehead atoms. The lowest BCUT2D eigenvalue weighted by molar-refractivity contribution is -0.383. The van der Waals surface area contributed by atoms with Gasteiger partial charge in [-0.15, -0.1) is 0 Å². The van der Waals surface area contributed by atoms with Gasteiger partial charge in [0.15, 0.2) is 5.78 Å². The maximum Gasteiger partial charge on any atom is 0.412 e.